The molecule has 1 atom stereocenters. The first-order chi connectivity index (χ1) is 5.24. The average molecular weight is 191 g/mol. The lowest BCUT2D eigenvalue weighted by atomic mass is 10.2. The van der Waals surface area contributed by atoms with Crippen molar-refractivity contribution in [1.82, 2.24) is 0 Å². The molecule has 1 N–H and O–H groups in total. The molecule has 3 heteroatoms. The van der Waals surface area contributed by atoms with Gasteiger partial charge in [-0.15, -0.1) is 23.2 Å². The lowest BCUT2D eigenvalue weighted by Crippen LogP contribution is -1.89. The Hall–Kier alpha value is -0.400. The number of benzene rings is 1. The van der Waals surface area contributed by atoms with Gasteiger partial charge in [-0.25, -0.2) is 0 Å². The summed E-state index contributed by atoms with van der Waals surface area (Å²) >= 11 is 11.4. The summed E-state index contributed by atoms with van der Waals surface area (Å²) in [6, 6.07) is 6.71. The molecule has 1 unspecified atom stereocenters. The van der Waals surface area contributed by atoms with Crippen molar-refractivity contribution in [2.45, 2.75) is 5.38 Å². The van der Waals surface area contributed by atoms with E-state index >= 15 is 0 Å². The predicted molar refractivity (Wildman–Crippen MR) is 47.4 cm³/mol. The van der Waals surface area contributed by atoms with Gasteiger partial charge in [-0.05, 0) is 17.7 Å². The van der Waals surface area contributed by atoms with Crippen molar-refractivity contribution in [3.05, 3.63) is 29.8 Å². The quantitative estimate of drug-likeness (QED) is 0.712. The summed E-state index contributed by atoms with van der Waals surface area (Å²) in [5.41, 5.74) is 0.930. The molecule has 0 heterocycles. The Morgan fingerprint density at radius 3 is 2.27 bits per heavy atom. The Bertz CT molecular complexity index is 220. The van der Waals surface area contributed by atoms with Crippen LogP contribution in [0, 0.1) is 0 Å². The second kappa shape index (κ2) is 3.84. The number of halogens is 2. The monoisotopic (exact) mass is 190 g/mol. The molecule has 11 heavy (non-hydrogen) atoms. The summed E-state index contributed by atoms with van der Waals surface area (Å²) in [4.78, 5) is 0. The van der Waals surface area contributed by atoms with Crippen LogP contribution in [-0.2, 0) is 0 Å². The standard InChI is InChI=1S/C8H8Cl2O/c9-5-8(10)6-1-3-7(11)4-2-6/h1-4,8,11H,5H2. The van der Waals surface area contributed by atoms with Crippen molar-refractivity contribution in [3.63, 3.8) is 0 Å². The summed E-state index contributed by atoms with van der Waals surface area (Å²) < 4.78 is 0. The second-order valence-corrected chi connectivity index (χ2v) is 3.05. The lowest BCUT2D eigenvalue weighted by Gasteiger charge is -2.04. The van der Waals surface area contributed by atoms with Crippen LogP contribution in [0.5, 0.6) is 5.75 Å². The summed E-state index contributed by atoms with van der Waals surface area (Å²) in [6.45, 7) is 0. The van der Waals surface area contributed by atoms with Crippen molar-refractivity contribution in [2.24, 2.45) is 0 Å². The number of phenolic OH excluding ortho intramolecular Hbond substituents is 1. The summed E-state index contributed by atoms with van der Waals surface area (Å²) in [5, 5.41) is 8.77. The van der Waals surface area contributed by atoms with Crippen LogP contribution in [-0.4, -0.2) is 11.0 Å². The Morgan fingerprint density at radius 2 is 1.82 bits per heavy atom. The molecule has 0 aliphatic rings. The molecule has 0 aliphatic carbocycles. The largest absolute Gasteiger partial charge is 0.508 e. The summed E-state index contributed by atoms with van der Waals surface area (Å²) in [7, 11) is 0. The average Bonchev–Trinajstić information content (AvgIpc) is 2.05. The van der Waals surface area contributed by atoms with Crippen LogP contribution in [0.25, 0.3) is 0 Å². The van der Waals surface area contributed by atoms with Crippen LogP contribution >= 0.6 is 23.2 Å². The molecule has 0 bridgehead atoms. The van der Waals surface area contributed by atoms with Gasteiger partial charge in [0.05, 0.1) is 5.38 Å². The topological polar surface area (TPSA) is 20.2 Å². The molecule has 1 nitrogen and oxygen atoms in total. The van der Waals surface area contributed by atoms with E-state index in [-0.39, 0.29) is 11.1 Å². The van der Waals surface area contributed by atoms with Gasteiger partial charge in [-0.1, -0.05) is 12.1 Å². The second-order valence-electron chi connectivity index (χ2n) is 2.21. The number of hydrogen-bond acceptors (Lipinski definition) is 1. The maximum absolute atomic E-state index is 8.94. The predicted octanol–water partition coefficient (Wildman–Crippen LogP) is 2.91. The molecular weight excluding hydrogens is 183 g/mol. The molecule has 0 saturated carbocycles. The number of rotatable bonds is 2. The van der Waals surface area contributed by atoms with Crippen LogP contribution in [0.4, 0.5) is 0 Å². The highest BCUT2D eigenvalue weighted by Gasteiger charge is 2.04. The van der Waals surface area contributed by atoms with Crippen LogP contribution in [0.1, 0.15) is 10.9 Å². The minimum atomic E-state index is -0.169. The first kappa shape index (κ1) is 8.69. The summed E-state index contributed by atoms with van der Waals surface area (Å²) in [6.07, 6.45) is 0. The SMILES string of the molecule is Oc1ccc(C(Cl)CCl)cc1. The van der Waals surface area contributed by atoms with Gasteiger partial charge in [-0.2, -0.15) is 0 Å². The van der Waals surface area contributed by atoms with Crippen LogP contribution in [0.2, 0.25) is 0 Å². The zero-order valence-electron chi connectivity index (χ0n) is 5.80. The molecule has 0 saturated heterocycles. The first-order valence-corrected chi connectivity index (χ1v) is 4.20. The first-order valence-electron chi connectivity index (χ1n) is 3.23. The highest BCUT2D eigenvalue weighted by atomic mass is 35.5. The highest BCUT2D eigenvalue weighted by Crippen LogP contribution is 2.23. The van der Waals surface area contributed by atoms with Crippen LogP contribution < -0.4 is 0 Å². The Kier molecular flexibility index (Phi) is 3.03. The molecule has 0 spiro atoms. The lowest BCUT2D eigenvalue weighted by molar-refractivity contribution is 0.475. The zero-order chi connectivity index (χ0) is 8.27. The molecular formula is C8H8Cl2O. The van der Waals surface area contributed by atoms with Gasteiger partial charge in [-0.3, -0.25) is 0 Å². The fourth-order valence-electron chi connectivity index (χ4n) is 0.772. The van der Waals surface area contributed by atoms with Crippen molar-refractivity contribution >= 4 is 23.2 Å². The van der Waals surface area contributed by atoms with Crippen molar-refractivity contribution in [3.8, 4) is 5.75 Å². The van der Waals surface area contributed by atoms with Gasteiger partial charge >= 0.3 is 0 Å². The third-order valence-electron chi connectivity index (χ3n) is 1.39. The van der Waals surface area contributed by atoms with Gasteiger partial charge in [0.25, 0.3) is 0 Å². The molecule has 60 valence electrons. The minimum absolute atomic E-state index is 0.169. The fraction of sp³-hybridized carbons (Fsp3) is 0.250. The Balaban J connectivity index is 2.81. The Labute approximate surface area is 75.6 Å². The number of aromatic hydroxyl groups is 1. The third kappa shape index (κ3) is 2.28. The fourth-order valence-corrected chi connectivity index (χ4v) is 1.10. The van der Waals surface area contributed by atoms with E-state index < -0.39 is 0 Å². The zero-order valence-corrected chi connectivity index (χ0v) is 7.31. The van der Waals surface area contributed by atoms with Gasteiger partial charge in [0, 0.05) is 5.88 Å². The maximum atomic E-state index is 8.94. The van der Waals surface area contributed by atoms with Crippen molar-refractivity contribution in [1.29, 1.82) is 0 Å². The van der Waals surface area contributed by atoms with E-state index in [1.54, 1.807) is 24.3 Å². The molecule has 0 fully saturated rings. The molecule has 1 aromatic rings. The minimum Gasteiger partial charge on any atom is -0.508 e. The van der Waals surface area contributed by atoms with E-state index in [0.29, 0.717) is 5.88 Å². The van der Waals surface area contributed by atoms with Gasteiger partial charge < -0.3 is 5.11 Å². The molecule has 1 rings (SSSR count). The van der Waals surface area contributed by atoms with Crippen LogP contribution in [0.15, 0.2) is 24.3 Å². The van der Waals surface area contributed by atoms with Gasteiger partial charge in [0.2, 0.25) is 0 Å². The Morgan fingerprint density at radius 1 is 1.27 bits per heavy atom. The maximum Gasteiger partial charge on any atom is 0.115 e. The molecule has 0 amide bonds. The number of hydrogen-bond donors (Lipinski definition) is 1. The molecule has 1 aromatic carbocycles. The normalized spacial score (nSPS) is 12.9. The van der Waals surface area contributed by atoms with E-state index in [1.165, 1.54) is 0 Å². The van der Waals surface area contributed by atoms with Crippen LogP contribution in [0.3, 0.4) is 0 Å². The van der Waals surface area contributed by atoms with Gasteiger partial charge in [0.15, 0.2) is 0 Å². The number of phenols is 1. The molecule has 0 aromatic heterocycles. The van der Waals surface area contributed by atoms with Crippen molar-refractivity contribution < 1.29 is 5.11 Å². The van der Waals surface area contributed by atoms with E-state index in [4.69, 9.17) is 28.3 Å². The van der Waals surface area contributed by atoms with Crippen molar-refractivity contribution in [2.75, 3.05) is 5.88 Å². The third-order valence-corrected chi connectivity index (χ3v) is 2.26. The van der Waals surface area contributed by atoms with Gasteiger partial charge in [0.1, 0.15) is 5.75 Å². The number of alkyl halides is 2. The molecule has 0 aliphatic heterocycles. The van der Waals surface area contributed by atoms with E-state index in [9.17, 15) is 0 Å². The molecule has 0 radical (unpaired) electrons. The smallest absolute Gasteiger partial charge is 0.115 e. The highest BCUT2D eigenvalue weighted by molar-refractivity contribution is 6.28. The summed E-state index contributed by atoms with van der Waals surface area (Å²) in [5.74, 6) is 0.624. The van der Waals surface area contributed by atoms with E-state index in [1.807, 2.05) is 0 Å². The van der Waals surface area contributed by atoms with E-state index in [0.717, 1.165) is 5.56 Å². The van der Waals surface area contributed by atoms with E-state index in [2.05, 4.69) is 0 Å².